The Morgan fingerprint density at radius 1 is 1.33 bits per heavy atom. The third-order valence-electron chi connectivity index (χ3n) is 2.08. The molecule has 3 heteroatoms. The van der Waals surface area contributed by atoms with Gasteiger partial charge in [-0.15, -0.1) is 0 Å². The minimum Gasteiger partial charge on any atom is -0.268 e. The first kappa shape index (κ1) is 7.29. The van der Waals surface area contributed by atoms with Crippen molar-refractivity contribution in [3.05, 3.63) is 34.9 Å². The number of hydrogen-bond acceptors (Lipinski definition) is 3. The van der Waals surface area contributed by atoms with E-state index >= 15 is 0 Å². The molecule has 1 aromatic carbocycles. The largest absolute Gasteiger partial charge is 0.268 e. The standard InChI is InChI=1S/C9H9N3/c10-4-7-1-2-8-5-12(11)6-9(8)3-7/h1-3H,5-6,11H2. The molecule has 1 aliphatic rings. The highest BCUT2D eigenvalue weighted by Gasteiger charge is 2.15. The molecule has 1 heterocycles. The zero-order valence-electron chi connectivity index (χ0n) is 6.62. The van der Waals surface area contributed by atoms with E-state index in [9.17, 15) is 0 Å². The normalized spacial score (nSPS) is 15.7. The zero-order valence-corrected chi connectivity index (χ0v) is 6.62. The Balaban J connectivity index is 2.44. The van der Waals surface area contributed by atoms with E-state index in [1.807, 2.05) is 18.2 Å². The highest BCUT2D eigenvalue weighted by atomic mass is 15.4. The second-order valence-corrected chi connectivity index (χ2v) is 3.00. The van der Waals surface area contributed by atoms with Gasteiger partial charge in [-0.3, -0.25) is 5.84 Å². The van der Waals surface area contributed by atoms with E-state index in [4.69, 9.17) is 11.1 Å². The second-order valence-electron chi connectivity index (χ2n) is 3.00. The maximum Gasteiger partial charge on any atom is 0.0991 e. The van der Waals surface area contributed by atoms with Crippen molar-refractivity contribution in [2.75, 3.05) is 0 Å². The molecule has 0 saturated carbocycles. The molecule has 0 aliphatic carbocycles. The number of benzene rings is 1. The molecule has 3 nitrogen and oxygen atoms in total. The summed E-state index contributed by atoms with van der Waals surface area (Å²) in [7, 11) is 0. The fraction of sp³-hybridized carbons (Fsp3) is 0.222. The van der Waals surface area contributed by atoms with Crippen LogP contribution < -0.4 is 5.84 Å². The first-order chi connectivity index (χ1) is 5.79. The first-order valence-electron chi connectivity index (χ1n) is 3.81. The van der Waals surface area contributed by atoms with Crippen LogP contribution in [0.5, 0.6) is 0 Å². The van der Waals surface area contributed by atoms with E-state index < -0.39 is 0 Å². The highest BCUT2D eigenvalue weighted by Crippen LogP contribution is 2.20. The van der Waals surface area contributed by atoms with E-state index in [1.54, 1.807) is 5.01 Å². The van der Waals surface area contributed by atoms with Crippen LogP contribution in [0.2, 0.25) is 0 Å². The van der Waals surface area contributed by atoms with Gasteiger partial charge in [0.1, 0.15) is 0 Å². The average molecular weight is 159 g/mol. The van der Waals surface area contributed by atoms with Gasteiger partial charge in [-0.1, -0.05) is 6.07 Å². The van der Waals surface area contributed by atoms with Crippen LogP contribution in [0.1, 0.15) is 16.7 Å². The Morgan fingerprint density at radius 2 is 2.08 bits per heavy atom. The Bertz CT molecular complexity index is 351. The molecule has 0 atom stereocenters. The molecule has 0 bridgehead atoms. The monoisotopic (exact) mass is 159 g/mol. The summed E-state index contributed by atoms with van der Waals surface area (Å²) in [5, 5.41) is 10.4. The molecule has 0 aromatic heterocycles. The predicted octanol–water partition coefficient (Wildman–Crippen LogP) is 0.748. The van der Waals surface area contributed by atoms with Crippen molar-refractivity contribution in [2.24, 2.45) is 5.84 Å². The smallest absolute Gasteiger partial charge is 0.0991 e. The molecule has 0 unspecified atom stereocenters. The summed E-state index contributed by atoms with van der Waals surface area (Å²) in [4.78, 5) is 0. The van der Waals surface area contributed by atoms with Crippen LogP contribution in [0, 0.1) is 11.3 Å². The molecule has 0 saturated heterocycles. The van der Waals surface area contributed by atoms with Crippen molar-refractivity contribution in [3.63, 3.8) is 0 Å². The SMILES string of the molecule is N#Cc1ccc2c(c1)CN(N)C2. The van der Waals surface area contributed by atoms with Crippen molar-refractivity contribution >= 4 is 0 Å². The molecular weight excluding hydrogens is 150 g/mol. The lowest BCUT2D eigenvalue weighted by molar-refractivity contribution is 0.295. The Kier molecular flexibility index (Phi) is 1.58. The molecule has 12 heavy (non-hydrogen) atoms. The summed E-state index contributed by atoms with van der Waals surface area (Å²) in [5.74, 6) is 5.63. The third kappa shape index (κ3) is 1.07. The van der Waals surface area contributed by atoms with E-state index in [2.05, 4.69) is 6.07 Å². The van der Waals surface area contributed by atoms with Gasteiger partial charge >= 0.3 is 0 Å². The minimum atomic E-state index is 0.712. The molecule has 0 amide bonds. The summed E-state index contributed by atoms with van der Waals surface area (Å²) in [5.41, 5.74) is 3.12. The Morgan fingerprint density at radius 3 is 2.83 bits per heavy atom. The zero-order chi connectivity index (χ0) is 8.55. The van der Waals surface area contributed by atoms with Gasteiger partial charge in [0.05, 0.1) is 11.6 Å². The lowest BCUT2D eigenvalue weighted by Crippen LogP contribution is -2.23. The number of fused-ring (bicyclic) bond motifs is 1. The van der Waals surface area contributed by atoms with Crippen LogP contribution in [-0.4, -0.2) is 5.01 Å². The van der Waals surface area contributed by atoms with Gasteiger partial charge in [0.2, 0.25) is 0 Å². The first-order valence-corrected chi connectivity index (χ1v) is 3.81. The molecule has 0 fully saturated rings. The molecule has 0 radical (unpaired) electrons. The van der Waals surface area contributed by atoms with Crippen LogP contribution in [-0.2, 0) is 13.1 Å². The second kappa shape index (κ2) is 2.59. The van der Waals surface area contributed by atoms with Gasteiger partial charge in [0.15, 0.2) is 0 Å². The molecule has 1 aliphatic heterocycles. The summed E-state index contributed by atoms with van der Waals surface area (Å²) in [6, 6.07) is 7.82. The van der Waals surface area contributed by atoms with Crippen molar-refractivity contribution in [3.8, 4) is 6.07 Å². The summed E-state index contributed by atoms with van der Waals surface area (Å²) in [6.45, 7) is 1.55. The van der Waals surface area contributed by atoms with Crippen LogP contribution in [0.25, 0.3) is 0 Å². The molecule has 2 N–H and O–H groups in total. The van der Waals surface area contributed by atoms with Crippen LogP contribution >= 0.6 is 0 Å². The van der Waals surface area contributed by atoms with Gasteiger partial charge in [-0.2, -0.15) is 5.26 Å². The topological polar surface area (TPSA) is 53.0 Å². The fourth-order valence-electron chi connectivity index (χ4n) is 1.49. The fourth-order valence-corrected chi connectivity index (χ4v) is 1.49. The number of hydrazine groups is 1. The van der Waals surface area contributed by atoms with Gasteiger partial charge in [0, 0.05) is 13.1 Å². The van der Waals surface area contributed by atoms with Gasteiger partial charge in [-0.05, 0) is 23.3 Å². The molecule has 1 aromatic rings. The maximum absolute atomic E-state index is 8.64. The van der Waals surface area contributed by atoms with Crippen LogP contribution in [0.15, 0.2) is 18.2 Å². The maximum atomic E-state index is 8.64. The average Bonchev–Trinajstić information content (AvgIpc) is 2.43. The lowest BCUT2D eigenvalue weighted by atomic mass is 10.1. The van der Waals surface area contributed by atoms with Crippen LogP contribution in [0.3, 0.4) is 0 Å². The molecule has 2 rings (SSSR count). The number of nitrogens with zero attached hydrogens (tertiary/aromatic N) is 2. The van der Waals surface area contributed by atoms with Crippen molar-refractivity contribution < 1.29 is 0 Å². The Hall–Kier alpha value is -1.37. The number of nitrogens with two attached hydrogens (primary N) is 1. The number of hydrogen-bond donors (Lipinski definition) is 1. The molecule has 0 spiro atoms. The van der Waals surface area contributed by atoms with Crippen molar-refractivity contribution in [1.29, 1.82) is 5.26 Å². The summed E-state index contributed by atoms with van der Waals surface area (Å²) < 4.78 is 0. The number of rotatable bonds is 0. The predicted molar refractivity (Wildman–Crippen MR) is 44.6 cm³/mol. The molecule has 60 valence electrons. The molecular formula is C9H9N3. The summed E-state index contributed by atoms with van der Waals surface area (Å²) >= 11 is 0. The number of nitriles is 1. The van der Waals surface area contributed by atoms with Gasteiger partial charge in [-0.25, -0.2) is 5.01 Å². The quantitative estimate of drug-likeness (QED) is 0.568. The van der Waals surface area contributed by atoms with Crippen LogP contribution in [0.4, 0.5) is 0 Å². The summed E-state index contributed by atoms with van der Waals surface area (Å²) in [6.07, 6.45) is 0. The Labute approximate surface area is 71.0 Å². The van der Waals surface area contributed by atoms with Gasteiger partial charge < -0.3 is 0 Å². The van der Waals surface area contributed by atoms with E-state index in [1.165, 1.54) is 11.1 Å². The van der Waals surface area contributed by atoms with E-state index in [0.717, 1.165) is 13.1 Å². The van der Waals surface area contributed by atoms with Gasteiger partial charge in [0.25, 0.3) is 0 Å². The van der Waals surface area contributed by atoms with Crippen molar-refractivity contribution in [2.45, 2.75) is 13.1 Å². The van der Waals surface area contributed by atoms with E-state index in [-0.39, 0.29) is 0 Å². The minimum absolute atomic E-state index is 0.712. The highest BCUT2D eigenvalue weighted by molar-refractivity contribution is 5.39. The third-order valence-corrected chi connectivity index (χ3v) is 2.08. The van der Waals surface area contributed by atoms with E-state index in [0.29, 0.717) is 5.56 Å². The lowest BCUT2D eigenvalue weighted by Gasteiger charge is -2.02. The van der Waals surface area contributed by atoms with Crippen molar-refractivity contribution in [1.82, 2.24) is 5.01 Å².